The smallest absolute Gasteiger partial charge is 0.0503 e. The van der Waals surface area contributed by atoms with Crippen molar-refractivity contribution in [2.75, 3.05) is 0 Å². The van der Waals surface area contributed by atoms with Gasteiger partial charge >= 0.3 is 0 Å². The number of thiophene rings is 1. The molecular formula is C14H18N2S. The average Bonchev–Trinajstić information content (AvgIpc) is 2.82. The second kappa shape index (κ2) is 5.45. The Morgan fingerprint density at radius 2 is 2.12 bits per heavy atom. The second-order valence-corrected chi connectivity index (χ2v) is 5.20. The molecule has 0 saturated heterocycles. The molecule has 3 N–H and O–H groups in total. The molecule has 1 aromatic carbocycles. The summed E-state index contributed by atoms with van der Waals surface area (Å²) in [7, 11) is 0. The van der Waals surface area contributed by atoms with E-state index in [-0.39, 0.29) is 6.04 Å². The molecular weight excluding hydrogens is 228 g/mol. The van der Waals surface area contributed by atoms with E-state index in [4.69, 9.17) is 5.84 Å². The summed E-state index contributed by atoms with van der Waals surface area (Å²) in [5.41, 5.74) is 8.11. The lowest BCUT2D eigenvalue weighted by molar-refractivity contribution is 0.550. The van der Waals surface area contributed by atoms with Gasteiger partial charge in [-0.05, 0) is 53.8 Å². The number of hydrogen-bond acceptors (Lipinski definition) is 3. The highest BCUT2D eigenvalue weighted by Gasteiger charge is 2.13. The Morgan fingerprint density at radius 3 is 2.76 bits per heavy atom. The van der Waals surface area contributed by atoms with Crippen molar-refractivity contribution >= 4 is 11.3 Å². The van der Waals surface area contributed by atoms with E-state index in [1.807, 2.05) is 0 Å². The first-order valence-corrected chi connectivity index (χ1v) is 6.69. The Morgan fingerprint density at radius 1 is 1.29 bits per heavy atom. The normalized spacial score (nSPS) is 12.6. The molecule has 0 radical (unpaired) electrons. The van der Waals surface area contributed by atoms with Gasteiger partial charge in [-0.1, -0.05) is 23.8 Å². The van der Waals surface area contributed by atoms with Crippen LogP contribution in [0.25, 0.3) is 0 Å². The van der Waals surface area contributed by atoms with Crippen LogP contribution in [-0.2, 0) is 6.42 Å². The molecule has 0 aliphatic rings. The quantitative estimate of drug-likeness (QED) is 0.642. The molecule has 17 heavy (non-hydrogen) atoms. The Bertz CT molecular complexity index is 477. The van der Waals surface area contributed by atoms with Gasteiger partial charge in [0.1, 0.15) is 0 Å². The van der Waals surface area contributed by atoms with Crippen molar-refractivity contribution in [3.05, 3.63) is 57.3 Å². The maximum absolute atomic E-state index is 5.69. The minimum absolute atomic E-state index is 0.185. The zero-order chi connectivity index (χ0) is 12.3. The number of aryl methyl sites for hydroxylation is 2. The zero-order valence-corrected chi connectivity index (χ0v) is 11.1. The van der Waals surface area contributed by atoms with Crippen molar-refractivity contribution in [3.63, 3.8) is 0 Å². The van der Waals surface area contributed by atoms with Crippen LogP contribution in [0.2, 0.25) is 0 Å². The number of nitrogens with one attached hydrogen (secondary N) is 1. The highest BCUT2D eigenvalue weighted by atomic mass is 32.1. The van der Waals surface area contributed by atoms with Gasteiger partial charge in [0.05, 0.1) is 6.04 Å². The molecule has 2 aromatic rings. The molecule has 1 heterocycles. The molecule has 90 valence electrons. The first-order valence-electron chi connectivity index (χ1n) is 5.75. The summed E-state index contributed by atoms with van der Waals surface area (Å²) in [5.74, 6) is 5.69. The SMILES string of the molecule is Cc1ccc(C)c(C(Cc2ccsc2)NN)c1. The van der Waals surface area contributed by atoms with E-state index in [1.54, 1.807) is 11.3 Å². The number of rotatable bonds is 4. The second-order valence-electron chi connectivity index (χ2n) is 4.42. The lowest BCUT2D eigenvalue weighted by atomic mass is 9.95. The Kier molecular flexibility index (Phi) is 3.94. The molecule has 0 saturated carbocycles. The van der Waals surface area contributed by atoms with Crippen LogP contribution >= 0.6 is 11.3 Å². The third-order valence-corrected chi connectivity index (χ3v) is 3.76. The van der Waals surface area contributed by atoms with E-state index in [0.29, 0.717) is 0 Å². The van der Waals surface area contributed by atoms with Gasteiger partial charge in [0, 0.05) is 0 Å². The fraction of sp³-hybridized carbons (Fsp3) is 0.286. The standard InChI is InChI=1S/C14H18N2S/c1-10-3-4-11(2)13(7-10)14(16-15)8-12-5-6-17-9-12/h3-7,9,14,16H,8,15H2,1-2H3. The largest absolute Gasteiger partial charge is 0.271 e. The number of nitrogens with two attached hydrogens (primary N) is 1. The first-order chi connectivity index (χ1) is 8.20. The van der Waals surface area contributed by atoms with Gasteiger partial charge in [-0.25, -0.2) is 0 Å². The lowest BCUT2D eigenvalue weighted by Crippen LogP contribution is -2.30. The summed E-state index contributed by atoms with van der Waals surface area (Å²) in [6.07, 6.45) is 0.935. The van der Waals surface area contributed by atoms with E-state index >= 15 is 0 Å². The van der Waals surface area contributed by atoms with Crippen LogP contribution in [0.15, 0.2) is 35.0 Å². The van der Waals surface area contributed by atoms with Crippen LogP contribution < -0.4 is 11.3 Å². The molecule has 0 bridgehead atoms. The minimum atomic E-state index is 0.185. The van der Waals surface area contributed by atoms with Gasteiger partial charge in [0.15, 0.2) is 0 Å². The summed E-state index contributed by atoms with van der Waals surface area (Å²) in [5, 5.41) is 4.28. The average molecular weight is 246 g/mol. The summed E-state index contributed by atoms with van der Waals surface area (Å²) in [4.78, 5) is 0. The van der Waals surface area contributed by atoms with Gasteiger partial charge in [0.2, 0.25) is 0 Å². The molecule has 2 nitrogen and oxygen atoms in total. The van der Waals surface area contributed by atoms with E-state index in [0.717, 1.165) is 6.42 Å². The molecule has 0 aliphatic heterocycles. The van der Waals surface area contributed by atoms with Crippen LogP contribution in [0, 0.1) is 13.8 Å². The lowest BCUT2D eigenvalue weighted by Gasteiger charge is -2.18. The van der Waals surface area contributed by atoms with Crippen LogP contribution in [0.1, 0.15) is 28.3 Å². The van der Waals surface area contributed by atoms with E-state index in [2.05, 4.69) is 54.3 Å². The van der Waals surface area contributed by atoms with Gasteiger partial charge in [0.25, 0.3) is 0 Å². The zero-order valence-electron chi connectivity index (χ0n) is 10.2. The van der Waals surface area contributed by atoms with Gasteiger partial charge in [-0.15, -0.1) is 0 Å². The highest BCUT2D eigenvalue weighted by molar-refractivity contribution is 7.07. The molecule has 1 aromatic heterocycles. The molecule has 2 rings (SSSR count). The van der Waals surface area contributed by atoms with E-state index in [1.165, 1.54) is 22.3 Å². The summed E-state index contributed by atoms with van der Waals surface area (Å²) in [6.45, 7) is 4.24. The monoisotopic (exact) mass is 246 g/mol. The van der Waals surface area contributed by atoms with Gasteiger partial charge < -0.3 is 0 Å². The van der Waals surface area contributed by atoms with Crippen molar-refractivity contribution in [3.8, 4) is 0 Å². The van der Waals surface area contributed by atoms with Crippen LogP contribution in [0.3, 0.4) is 0 Å². The van der Waals surface area contributed by atoms with Gasteiger partial charge in [-0.3, -0.25) is 11.3 Å². The molecule has 0 amide bonds. The van der Waals surface area contributed by atoms with E-state index in [9.17, 15) is 0 Å². The Hall–Kier alpha value is -1.16. The number of hydrazine groups is 1. The predicted molar refractivity (Wildman–Crippen MR) is 74.0 cm³/mol. The molecule has 1 atom stereocenters. The summed E-state index contributed by atoms with van der Waals surface area (Å²) < 4.78 is 0. The molecule has 0 spiro atoms. The minimum Gasteiger partial charge on any atom is -0.271 e. The van der Waals surface area contributed by atoms with Gasteiger partial charge in [-0.2, -0.15) is 11.3 Å². The number of hydrogen-bond donors (Lipinski definition) is 2. The van der Waals surface area contributed by atoms with Crippen molar-refractivity contribution in [2.45, 2.75) is 26.3 Å². The molecule has 0 aliphatic carbocycles. The predicted octanol–water partition coefficient (Wildman–Crippen LogP) is 3.11. The Labute approximate surface area is 106 Å². The third-order valence-electron chi connectivity index (χ3n) is 3.03. The maximum Gasteiger partial charge on any atom is 0.0503 e. The molecule has 1 unspecified atom stereocenters. The number of benzene rings is 1. The van der Waals surface area contributed by atoms with Crippen molar-refractivity contribution in [1.82, 2.24) is 5.43 Å². The fourth-order valence-electron chi connectivity index (χ4n) is 2.04. The fourth-order valence-corrected chi connectivity index (χ4v) is 2.72. The van der Waals surface area contributed by atoms with Crippen molar-refractivity contribution in [2.24, 2.45) is 5.84 Å². The Balaban J connectivity index is 2.25. The van der Waals surface area contributed by atoms with Crippen molar-refractivity contribution < 1.29 is 0 Å². The van der Waals surface area contributed by atoms with Crippen LogP contribution in [0.5, 0.6) is 0 Å². The summed E-state index contributed by atoms with van der Waals surface area (Å²) in [6, 6.07) is 8.84. The first kappa shape index (κ1) is 12.3. The molecule has 0 fully saturated rings. The highest BCUT2D eigenvalue weighted by Crippen LogP contribution is 2.23. The van der Waals surface area contributed by atoms with Crippen LogP contribution in [-0.4, -0.2) is 0 Å². The summed E-state index contributed by atoms with van der Waals surface area (Å²) >= 11 is 1.73. The maximum atomic E-state index is 5.69. The van der Waals surface area contributed by atoms with E-state index < -0.39 is 0 Å². The third kappa shape index (κ3) is 2.94. The molecule has 3 heteroatoms. The topological polar surface area (TPSA) is 38.0 Å². The van der Waals surface area contributed by atoms with Crippen molar-refractivity contribution in [1.29, 1.82) is 0 Å². The van der Waals surface area contributed by atoms with Crippen LogP contribution in [0.4, 0.5) is 0 Å².